The number of amides is 2. The van der Waals surface area contributed by atoms with E-state index in [-0.39, 0.29) is 43.0 Å². The third-order valence-corrected chi connectivity index (χ3v) is 4.93. The quantitative estimate of drug-likeness (QED) is 0.656. The average Bonchev–Trinajstić information content (AvgIpc) is 2.66. The lowest BCUT2D eigenvalue weighted by Gasteiger charge is -2.26. The number of aliphatic carboxylic acids is 1. The first kappa shape index (κ1) is 19.6. The molecule has 2 amide bonds. The summed E-state index contributed by atoms with van der Waals surface area (Å²) >= 11 is 0. The van der Waals surface area contributed by atoms with Gasteiger partial charge in [-0.15, -0.1) is 0 Å². The molecule has 6 nitrogen and oxygen atoms in total. The van der Waals surface area contributed by atoms with E-state index in [4.69, 9.17) is 5.11 Å². The van der Waals surface area contributed by atoms with E-state index < -0.39 is 5.97 Å². The van der Waals surface area contributed by atoms with Crippen molar-refractivity contribution < 1.29 is 19.5 Å². The Hall–Kier alpha value is -3.15. The predicted molar refractivity (Wildman–Crippen MR) is 106 cm³/mol. The highest BCUT2D eigenvalue weighted by molar-refractivity contribution is 5.95. The number of nitrogens with one attached hydrogen (secondary N) is 2. The number of benzene rings is 2. The van der Waals surface area contributed by atoms with Crippen LogP contribution in [0.15, 0.2) is 54.6 Å². The first-order valence-corrected chi connectivity index (χ1v) is 9.45. The smallest absolute Gasteiger partial charge is 0.303 e. The standard InChI is InChI=1S/C22H24N2O4/c25-20(13-16-14-21(26)24-19-9-5-4-8-18(16)19)23-17(10-11-22(27)28)12-15-6-2-1-3-7-15/h1-9,16-17H,10-14H2,(H,23,25)(H,24,26)(H,27,28). The Balaban J connectivity index is 1.66. The molecule has 3 rings (SSSR count). The Morgan fingerprint density at radius 1 is 1.11 bits per heavy atom. The van der Waals surface area contributed by atoms with Gasteiger partial charge in [-0.2, -0.15) is 0 Å². The fourth-order valence-electron chi connectivity index (χ4n) is 3.62. The normalized spacial score (nSPS) is 16.6. The van der Waals surface area contributed by atoms with Gasteiger partial charge in [-0.25, -0.2) is 0 Å². The topological polar surface area (TPSA) is 95.5 Å². The second kappa shape index (κ2) is 9.17. The van der Waals surface area contributed by atoms with Crippen molar-refractivity contribution in [2.45, 2.75) is 44.1 Å². The molecule has 0 aromatic heterocycles. The van der Waals surface area contributed by atoms with Crippen LogP contribution in [0.25, 0.3) is 0 Å². The van der Waals surface area contributed by atoms with Crippen molar-refractivity contribution in [3.8, 4) is 0 Å². The molecule has 2 unspecified atom stereocenters. The number of hydrogen-bond donors (Lipinski definition) is 3. The van der Waals surface area contributed by atoms with Crippen LogP contribution < -0.4 is 10.6 Å². The molecule has 0 saturated heterocycles. The van der Waals surface area contributed by atoms with Gasteiger partial charge in [-0.05, 0) is 30.0 Å². The Kier molecular flexibility index (Phi) is 6.42. The maximum atomic E-state index is 12.7. The zero-order chi connectivity index (χ0) is 19.9. The molecule has 0 aliphatic carbocycles. The fraction of sp³-hybridized carbons (Fsp3) is 0.318. The number of carbonyl (C=O) groups is 3. The lowest BCUT2D eigenvalue weighted by Crippen LogP contribution is -2.38. The number of carboxylic acid groups (broad SMARTS) is 1. The second-order valence-electron chi connectivity index (χ2n) is 7.13. The van der Waals surface area contributed by atoms with Gasteiger partial charge >= 0.3 is 5.97 Å². The number of anilines is 1. The van der Waals surface area contributed by atoms with Gasteiger partial charge in [0.15, 0.2) is 0 Å². The van der Waals surface area contributed by atoms with Crippen molar-refractivity contribution >= 4 is 23.5 Å². The summed E-state index contributed by atoms with van der Waals surface area (Å²) in [5, 5.41) is 14.8. The van der Waals surface area contributed by atoms with Crippen molar-refractivity contribution in [2.75, 3.05) is 5.32 Å². The lowest BCUT2D eigenvalue weighted by molar-refractivity contribution is -0.137. The average molecular weight is 380 g/mol. The zero-order valence-electron chi connectivity index (χ0n) is 15.6. The summed E-state index contributed by atoms with van der Waals surface area (Å²) in [6, 6.07) is 16.9. The molecule has 2 aromatic carbocycles. The van der Waals surface area contributed by atoms with Gasteiger partial charge in [0, 0.05) is 36.9 Å². The van der Waals surface area contributed by atoms with E-state index in [9.17, 15) is 14.4 Å². The highest BCUT2D eigenvalue weighted by Gasteiger charge is 2.27. The summed E-state index contributed by atoms with van der Waals surface area (Å²) in [6.45, 7) is 0. The van der Waals surface area contributed by atoms with E-state index in [0.29, 0.717) is 12.8 Å². The molecular weight excluding hydrogens is 356 g/mol. The predicted octanol–water partition coefficient (Wildman–Crippen LogP) is 3.09. The molecule has 0 spiro atoms. The molecule has 28 heavy (non-hydrogen) atoms. The molecule has 3 N–H and O–H groups in total. The van der Waals surface area contributed by atoms with E-state index in [2.05, 4.69) is 10.6 Å². The maximum Gasteiger partial charge on any atom is 0.303 e. The summed E-state index contributed by atoms with van der Waals surface area (Å²) in [5.41, 5.74) is 2.76. The highest BCUT2D eigenvalue weighted by atomic mass is 16.4. The van der Waals surface area contributed by atoms with E-state index in [0.717, 1.165) is 16.8 Å². The van der Waals surface area contributed by atoms with Gasteiger partial charge < -0.3 is 15.7 Å². The summed E-state index contributed by atoms with van der Waals surface area (Å²) in [4.78, 5) is 35.6. The largest absolute Gasteiger partial charge is 0.481 e. The number of para-hydroxylation sites is 1. The van der Waals surface area contributed by atoms with Gasteiger partial charge in [0.25, 0.3) is 0 Å². The Bertz CT molecular complexity index is 851. The van der Waals surface area contributed by atoms with Gasteiger partial charge in [0.05, 0.1) is 0 Å². The van der Waals surface area contributed by atoms with Crippen LogP contribution in [0.4, 0.5) is 5.69 Å². The summed E-state index contributed by atoms with van der Waals surface area (Å²) in [7, 11) is 0. The number of hydrogen-bond acceptors (Lipinski definition) is 3. The first-order chi connectivity index (χ1) is 13.5. The minimum atomic E-state index is -0.884. The van der Waals surface area contributed by atoms with Gasteiger partial charge in [0.1, 0.15) is 0 Å². The van der Waals surface area contributed by atoms with Crippen molar-refractivity contribution in [2.24, 2.45) is 0 Å². The molecule has 146 valence electrons. The van der Waals surface area contributed by atoms with Crippen LogP contribution >= 0.6 is 0 Å². The first-order valence-electron chi connectivity index (χ1n) is 9.45. The van der Waals surface area contributed by atoms with Gasteiger partial charge in [-0.3, -0.25) is 14.4 Å². The van der Waals surface area contributed by atoms with E-state index in [1.54, 1.807) is 0 Å². The fourth-order valence-corrected chi connectivity index (χ4v) is 3.62. The van der Waals surface area contributed by atoms with Gasteiger partial charge in [-0.1, -0.05) is 48.5 Å². The monoisotopic (exact) mass is 380 g/mol. The van der Waals surface area contributed by atoms with Crippen molar-refractivity contribution in [1.29, 1.82) is 0 Å². The highest BCUT2D eigenvalue weighted by Crippen LogP contribution is 2.34. The molecule has 2 atom stereocenters. The Morgan fingerprint density at radius 3 is 2.57 bits per heavy atom. The molecule has 2 aromatic rings. The lowest BCUT2D eigenvalue weighted by atomic mass is 9.87. The van der Waals surface area contributed by atoms with Crippen LogP contribution in [0.2, 0.25) is 0 Å². The number of carbonyl (C=O) groups excluding carboxylic acids is 2. The third-order valence-electron chi connectivity index (χ3n) is 4.93. The van der Waals surface area contributed by atoms with Crippen molar-refractivity contribution in [3.63, 3.8) is 0 Å². The maximum absolute atomic E-state index is 12.7. The molecule has 1 aliphatic heterocycles. The summed E-state index contributed by atoms with van der Waals surface area (Å²) in [6.07, 6.45) is 1.39. The van der Waals surface area contributed by atoms with Crippen molar-refractivity contribution in [3.05, 3.63) is 65.7 Å². The minimum Gasteiger partial charge on any atom is -0.481 e. The van der Waals surface area contributed by atoms with Gasteiger partial charge in [0.2, 0.25) is 11.8 Å². The Labute approximate surface area is 164 Å². The summed E-state index contributed by atoms with van der Waals surface area (Å²) in [5.74, 6) is -1.32. The number of rotatable bonds is 8. The van der Waals surface area contributed by atoms with Crippen LogP contribution in [0.1, 0.15) is 42.7 Å². The molecule has 0 radical (unpaired) electrons. The number of carboxylic acids is 1. The van der Waals surface area contributed by atoms with Crippen LogP contribution in [-0.2, 0) is 20.8 Å². The Morgan fingerprint density at radius 2 is 1.82 bits per heavy atom. The molecule has 1 heterocycles. The van der Waals surface area contributed by atoms with Crippen LogP contribution in [0.3, 0.4) is 0 Å². The van der Waals surface area contributed by atoms with Crippen LogP contribution in [0.5, 0.6) is 0 Å². The van der Waals surface area contributed by atoms with E-state index in [1.807, 2.05) is 54.6 Å². The third kappa shape index (κ3) is 5.42. The molecular formula is C22H24N2O4. The molecule has 1 aliphatic rings. The van der Waals surface area contributed by atoms with Crippen molar-refractivity contribution in [1.82, 2.24) is 5.32 Å². The van der Waals surface area contributed by atoms with Crippen LogP contribution in [0, 0.1) is 0 Å². The molecule has 0 fully saturated rings. The molecule has 6 heteroatoms. The SMILES string of the molecule is O=C(O)CCC(Cc1ccccc1)NC(=O)CC1CC(=O)Nc2ccccc21. The van der Waals surface area contributed by atoms with E-state index >= 15 is 0 Å². The molecule has 0 saturated carbocycles. The minimum absolute atomic E-state index is 0.00749. The number of fused-ring (bicyclic) bond motifs is 1. The summed E-state index contributed by atoms with van der Waals surface area (Å²) < 4.78 is 0. The molecule has 0 bridgehead atoms. The second-order valence-corrected chi connectivity index (χ2v) is 7.13. The van der Waals surface area contributed by atoms with E-state index in [1.165, 1.54) is 0 Å². The van der Waals surface area contributed by atoms with Crippen LogP contribution in [-0.4, -0.2) is 28.9 Å². The zero-order valence-corrected chi connectivity index (χ0v) is 15.6.